The van der Waals surface area contributed by atoms with Crippen molar-refractivity contribution in [2.75, 3.05) is 33.4 Å². The number of aromatic amines is 1. The lowest BCUT2D eigenvalue weighted by molar-refractivity contribution is 0.0107. The summed E-state index contributed by atoms with van der Waals surface area (Å²) in [6.45, 7) is 6.93. The summed E-state index contributed by atoms with van der Waals surface area (Å²) < 4.78 is 11.3. The van der Waals surface area contributed by atoms with E-state index in [0.717, 1.165) is 51.4 Å². The average molecular weight is 279 g/mol. The van der Waals surface area contributed by atoms with Crippen LogP contribution in [0.4, 0.5) is 0 Å². The van der Waals surface area contributed by atoms with Crippen LogP contribution >= 0.6 is 0 Å². The molecule has 5 heteroatoms. The summed E-state index contributed by atoms with van der Waals surface area (Å²) in [6, 6.07) is 0. The van der Waals surface area contributed by atoms with Gasteiger partial charge in [0, 0.05) is 39.0 Å². The molecule has 3 rings (SSSR count). The number of imidazole rings is 1. The topological polar surface area (TPSA) is 50.4 Å². The summed E-state index contributed by atoms with van der Waals surface area (Å²) in [5, 5.41) is 0. The molecule has 5 nitrogen and oxygen atoms in total. The number of methoxy groups -OCH3 is 1. The standard InChI is InChI=1S/C15H25N3O2/c1-12-14(17-11-16-12)8-18-5-4-15(10-18)7-13(9-20-15)3-6-19-2/h11,13H,3-10H2,1-2H3,(H,16,17)/t13-,15-/m1/s1. The van der Waals surface area contributed by atoms with E-state index < -0.39 is 0 Å². The van der Waals surface area contributed by atoms with Gasteiger partial charge in [-0.05, 0) is 32.1 Å². The molecular weight excluding hydrogens is 254 g/mol. The van der Waals surface area contributed by atoms with Gasteiger partial charge in [-0.25, -0.2) is 4.98 Å². The van der Waals surface area contributed by atoms with Crippen LogP contribution in [-0.4, -0.2) is 53.9 Å². The molecule has 2 aliphatic heterocycles. The molecule has 0 bridgehead atoms. The first kappa shape index (κ1) is 14.0. The number of nitrogens with zero attached hydrogens (tertiary/aromatic N) is 2. The van der Waals surface area contributed by atoms with Gasteiger partial charge >= 0.3 is 0 Å². The van der Waals surface area contributed by atoms with Gasteiger partial charge in [-0.15, -0.1) is 0 Å². The third kappa shape index (κ3) is 2.90. The highest BCUT2D eigenvalue weighted by Crippen LogP contribution is 2.39. The SMILES string of the molecule is COCC[C@H]1CO[C@]2(CCN(Cc3nc[nH]c3C)C2)C1. The van der Waals surface area contributed by atoms with Crippen LogP contribution in [-0.2, 0) is 16.0 Å². The van der Waals surface area contributed by atoms with E-state index in [2.05, 4.69) is 21.8 Å². The molecule has 20 heavy (non-hydrogen) atoms. The van der Waals surface area contributed by atoms with E-state index >= 15 is 0 Å². The second-order valence-electron chi connectivity index (χ2n) is 6.28. The molecule has 2 aliphatic rings. The summed E-state index contributed by atoms with van der Waals surface area (Å²) in [5.41, 5.74) is 2.44. The Hall–Kier alpha value is -0.910. The van der Waals surface area contributed by atoms with Crippen molar-refractivity contribution in [3.8, 4) is 0 Å². The van der Waals surface area contributed by atoms with Gasteiger partial charge in [0.25, 0.3) is 0 Å². The number of likely N-dealkylation sites (tertiary alicyclic amines) is 1. The monoisotopic (exact) mass is 279 g/mol. The summed E-state index contributed by atoms with van der Waals surface area (Å²) in [5.74, 6) is 0.669. The van der Waals surface area contributed by atoms with Crippen LogP contribution in [0.5, 0.6) is 0 Å². The zero-order valence-electron chi connectivity index (χ0n) is 12.5. The van der Waals surface area contributed by atoms with E-state index in [1.807, 2.05) is 0 Å². The largest absolute Gasteiger partial charge is 0.385 e. The van der Waals surface area contributed by atoms with Gasteiger partial charge in [0.15, 0.2) is 0 Å². The molecule has 1 aromatic rings. The van der Waals surface area contributed by atoms with E-state index in [0.29, 0.717) is 5.92 Å². The maximum absolute atomic E-state index is 6.17. The highest BCUT2D eigenvalue weighted by atomic mass is 16.5. The first-order valence-corrected chi connectivity index (χ1v) is 7.55. The van der Waals surface area contributed by atoms with E-state index in [4.69, 9.17) is 9.47 Å². The maximum atomic E-state index is 6.17. The minimum Gasteiger partial charge on any atom is -0.385 e. The van der Waals surface area contributed by atoms with Gasteiger partial charge < -0.3 is 14.5 Å². The highest BCUT2D eigenvalue weighted by Gasteiger charge is 2.45. The van der Waals surface area contributed by atoms with Crippen molar-refractivity contribution in [1.82, 2.24) is 14.9 Å². The zero-order chi connectivity index (χ0) is 14.0. The van der Waals surface area contributed by atoms with Crippen LogP contribution in [0.25, 0.3) is 0 Å². The Morgan fingerprint density at radius 2 is 2.50 bits per heavy atom. The Morgan fingerprint density at radius 1 is 1.60 bits per heavy atom. The molecule has 2 atom stereocenters. The van der Waals surface area contributed by atoms with Crippen molar-refractivity contribution < 1.29 is 9.47 Å². The Morgan fingerprint density at radius 3 is 3.25 bits per heavy atom. The predicted octanol–water partition coefficient (Wildman–Crippen LogP) is 1.74. The van der Waals surface area contributed by atoms with Crippen LogP contribution in [0.1, 0.15) is 30.7 Å². The van der Waals surface area contributed by atoms with Crippen LogP contribution < -0.4 is 0 Å². The lowest BCUT2D eigenvalue weighted by Gasteiger charge is -2.23. The molecule has 0 aromatic carbocycles. The lowest BCUT2D eigenvalue weighted by atomic mass is 9.92. The molecule has 1 aromatic heterocycles. The fourth-order valence-electron chi connectivity index (χ4n) is 3.51. The van der Waals surface area contributed by atoms with Gasteiger partial charge in [0.1, 0.15) is 0 Å². The second kappa shape index (κ2) is 5.84. The van der Waals surface area contributed by atoms with E-state index in [1.54, 1.807) is 13.4 Å². The van der Waals surface area contributed by atoms with Gasteiger partial charge in [-0.2, -0.15) is 0 Å². The molecule has 0 aliphatic carbocycles. The molecule has 2 saturated heterocycles. The molecule has 2 fully saturated rings. The highest BCUT2D eigenvalue weighted by molar-refractivity contribution is 5.09. The predicted molar refractivity (Wildman–Crippen MR) is 76.5 cm³/mol. The van der Waals surface area contributed by atoms with Crippen LogP contribution in [0.3, 0.4) is 0 Å². The van der Waals surface area contributed by atoms with Crippen molar-refractivity contribution >= 4 is 0 Å². The summed E-state index contributed by atoms with van der Waals surface area (Å²) >= 11 is 0. The summed E-state index contributed by atoms with van der Waals surface area (Å²) in [7, 11) is 1.77. The van der Waals surface area contributed by atoms with E-state index in [9.17, 15) is 0 Å². The number of nitrogens with one attached hydrogen (secondary N) is 1. The molecule has 0 unspecified atom stereocenters. The van der Waals surface area contributed by atoms with Gasteiger partial charge in [0.05, 0.1) is 24.2 Å². The minimum absolute atomic E-state index is 0.0998. The third-order valence-corrected chi connectivity index (χ3v) is 4.72. The summed E-state index contributed by atoms with van der Waals surface area (Å²) in [4.78, 5) is 10.0. The lowest BCUT2D eigenvalue weighted by Crippen LogP contribution is -2.32. The molecule has 0 saturated carbocycles. The number of ether oxygens (including phenoxy) is 2. The van der Waals surface area contributed by atoms with E-state index in [1.165, 1.54) is 12.1 Å². The maximum Gasteiger partial charge on any atom is 0.0925 e. The third-order valence-electron chi connectivity index (χ3n) is 4.72. The number of hydrogen-bond acceptors (Lipinski definition) is 4. The van der Waals surface area contributed by atoms with Crippen molar-refractivity contribution in [2.45, 2.75) is 38.3 Å². The minimum atomic E-state index is 0.0998. The van der Waals surface area contributed by atoms with E-state index in [-0.39, 0.29) is 5.60 Å². The van der Waals surface area contributed by atoms with Gasteiger partial charge in [-0.1, -0.05) is 0 Å². The Kier molecular flexibility index (Phi) is 4.10. The Labute approximate surface area is 120 Å². The molecule has 3 heterocycles. The van der Waals surface area contributed by atoms with Crippen molar-refractivity contribution in [3.63, 3.8) is 0 Å². The second-order valence-corrected chi connectivity index (χ2v) is 6.28. The Bertz CT molecular complexity index is 448. The Balaban J connectivity index is 1.53. The smallest absolute Gasteiger partial charge is 0.0925 e. The molecule has 1 spiro atoms. The van der Waals surface area contributed by atoms with Crippen molar-refractivity contribution in [3.05, 3.63) is 17.7 Å². The number of rotatable bonds is 5. The number of hydrogen-bond donors (Lipinski definition) is 1. The molecular formula is C15H25N3O2. The van der Waals surface area contributed by atoms with Gasteiger partial charge in [-0.3, -0.25) is 4.90 Å². The summed E-state index contributed by atoms with van der Waals surface area (Å²) in [6.07, 6.45) is 5.24. The molecule has 1 N–H and O–H groups in total. The van der Waals surface area contributed by atoms with Crippen LogP contribution in [0, 0.1) is 12.8 Å². The number of aryl methyl sites for hydroxylation is 1. The fraction of sp³-hybridized carbons (Fsp3) is 0.800. The van der Waals surface area contributed by atoms with Crippen molar-refractivity contribution in [1.29, 1.82) is 0 Å². The number of H-pyrrole nitrogens is 1. The fourth-order valence-corrected chi connectivity index (χ4v) is 3.51. The van der Waals surface area contributed by atoms with Crippen molar-refractivity contribution in [2.24, 2.45) is 5.92 Å². The quantitative estimate of drug-likeness (QED) is 0.892. The number of aromatic nitrogens is 2. The average Bonchev–Trinajstić information content (AvgIpc) is 3.13. The first-order chi connectivity index (χ1) is 9.71. The molecule has 0 amide bonds. The molecule has 0 radical (unpaired) electrons. The normalized spacial score (nSPS) is 30.6. The zero-order valence-corrected chi connectivity index (χ0v) is 12.5. The van der Waals surface area contributed by atoms with Crippen LogP contribution in [0.15, 0.2) is 6.33 Å². The van der Waals surface area contributed by atoms with Gasteiger partial charge in [0.2, 0.25) is 0 Å². The first-order valence-electron chi connectivity index (χ1n) is 7.55. The molecule has 112 valence electrons. The van der Waals surface area contributed by atoms with Crippen LogP contribution in [0.2, 0.25) is 0 Å².